The number of hydrogen-bond acceptors (Lipinski definition) is 3. The lowest BCUT2D eigenvalue weighted by Gasteiger charge is -2.07. The van der Waals surface area contributed by atoms with Gasteiger partial charge in [0.05, 0.1) is 18.2 Å². The molecule has 0 bridgehead atoms. The molecule has 0 amide bonds. The summed E-state index contributed by atoms with van der Waals surface area (Å²) in [6.45, 7) is 2.85. The molecule has 2 aromatic rings. The molecule has 6 heteroatoms. The largest absolute Gasteiger partial charge is 0.328 e. The summed E-state index contributed by atoms with van der Waals surface area (Å²) < 4.78 is 2.70. The molecule has 18 heavy (non-hydrogen) atoms. The molecule has 1 aliphatic carbocycles. The molecule has 1 saturated carbocycles. The third kappa shape index (κ3) is 1.98. The van der Waals surface area contributed by atoms with Crippen molar-refractivity contribution in [1.82, 2.24) is 19.5 Å². The fourth-order valence-corrected chi connectivity index (χ4v) is 2.69. The van der Waals surface area contributed by atoms with Crippen LogP contribution >= 0.6 is 22.6 Å². The number of aromatic amines is 1. The van der Waals surface area contributed by atoms with Crippen LogP contribution in [0.5, 0.6) is 0 Å². The Balaban J connectivity index is 2.15. The maximum atomic E-state index is 12.0. The Bertz CT molecular complexity index is 642. The van der Waals surface area contributed by atoms with Crippen molar-refractivity contribution in [2.24, 2.45) is 0 Å². The van der Waals surface area contributed by atoms with Crippen LogP contribution in [0.4, 0.5) is 0 Å². The van der Waals surface area contributed by atoms with Crippen molar-refractivity contribution in [3.63, 3.8) is 0 Å². The van der Waals surface area contributed by atoms with Gasteiger partial charge in [-0.3, -0.25) is 4.79 Å². The summed E-state index contributed by atoms with van der Waals surface area (Å²) in [5.41, 5.74) is 1.76. The van der Waals surface area contributed by atoms with E-state index in [1.54, 1.807) is 12.5 Å². The molecule has 1 aliphatic rings. The van der Waals surface area contributed by atoms with Gasteiger partial charge in [0.2, 0.25) is 0 Å². The van der Waals surface area contributed by atoms with E-state index in [4.69, 9.17) is 0 Å². The van der Waals surface area contributed by atoms with Crippen LogP contribution in [-0.4, -0.2) is 19.5 Å². The minimum absolute atomic E-state index is 0.0497. The molecule has 0 radical (unpaired) electrons. The van der Waals surface area contributed by atoms with Gasteiger partial charge in [0.25, 0.3) is 5.56 Å². The van der Waals surface area contributed by atoms with E-state index in [1.807, 2.05) is 11.5 Å². The first-order chi connectivity index (χ1) is 8.70. The zero-order valence-corrected chi connectivity index (χ0v) is 12.1. The topological polar surface area (TPSA) is 63.6 Å². The van der Waals surface area contributed by atoms with E-state index in [0.717, 1.165) is 34.3 Å². The molecule has 1 fully saturated rings. The highest BCUT2D eigenvalue weighted by Gasteiger charge is 2.29. The molecular weight excluding hydrogens is 343 g/mol. The van der Waals surface area contributed by atoms with Crippen molar-refractivity contribution in [2.75, 3.05) is 0 Å². The van der Waals surface area contributed by atoms with Gasteiger partial charge in [-0.25, -0.2) is 9.97 Å². The van der Waals surface area contributed by atoms with Crippen LogP contribution in [0.3, 0.4) is 0 Å². The monoisotopic (exact) mass is 356 g/mol. The van der Waals surface area contributed by atoms with Gasteiger partial charge in [-0.1, -0.05) is 0 Å². The Labute approximate surface area is 118 Å². The van der Waals surface area contributed by atoms with Crippen LogP contribution in [-0.2, 0) is 6.54 Å². The highest BCUT2D eigenvalue weighted by Crippen LogP contribution is 2.40. The van der Waals surface area contributed by atoms with Gasteiger partial charge >= 0.3 is 0 Å². The molecule has 94 valence electrons. The van der Waals surface area contributed by atoms with E-state index in [2.05, 4.69) is 37.5 Å². The molecule has 1 N–H and O–H groups in total. The van der Waals surface area contributed by atoms with Gasteiger partial charge in [0.1, 0.15) is 9.26 Å². The Hall–Kier alpha value is -1.18. The summed E-state index contributed by atoms with van der Waals surface area (Å²) in [6.07, 6.45) is 5.77. The molecule has 0 aromatic carbocycles. The standard InChI is InChI=1S/C12H13IN4O/c1-2-17-6-14-5-8(17)11-15-10(7-3-4-7)9(13)12(18)16-11/h5-7H,2-4H2,1H3,(H,15,16,18). The zero-order chi connectivity index (χ0) is 12.7. The second-order valence-corrected chi connectivity index (χ2v) is 5.53. The number of rotatable bonds is 3. The van der Waals surface area contributed by atoms with Crippen LogP contribution < -0.4 is 5.56 Å². The lowest BCUT2D eigenvalue weighted by molar-refractivity contribution is 0.761. The van der Waals surface area contributed by atoms with Crippen LogP contribution in [0.25, 0.3) is 11.5 Å². The second-order valence-electron chi connectivity index (χ2n) is 4.45. The summed E-state index contributed by atoms with van der Waals surface area (Å²) in [6, 6.07) is 0. The molecular formula is C12H13IN4O. The van der Waals surface area contributed by atoms with E-state index < -0.39 is 0 Å². The average molecular weight is 356 g/mol. The summed E-state index contributed by atoms with van der Waals surface area (Å²) >= 11 is 2.08. The summed E-state index contributed by atoms with van der Waals surface area (Å²) in [5.74, 6) is 1.10. The van der Waals surface area contributed by atoms with E-state index >= 15 is 0 Å². The van der Waals surface area contributed by atoms with Gasteiger partial charge in [-0.15, -0.1) is 0 Å². The Morgan fingerprint density at radius 2 is 2.33 bits per heavy atom. The molecule has 0 spiro atoms. The SMILES string of the molecule is CCn1cncc1-c1nc(C2CC2)c(I)c(=O)[nH]1. The number of H-pyrrole nitrogens is 1. The van der Waals surface area contributed by atoms with E-state index in [1.165, 1.54) is 0 Å². The first-order valence-electron chi connectivity index (χ1n) is 6.01. The molecule has 2 heterocycles. The molecule has 0 unspecified atom stereocenters. The number of halogens is 1. The Morgan fingerprint density at radius 3 is 3.00 bits per heavy atom. The maximum absolute atomic E-state index is 12.0. The number of aromatic nitrogens is 4. The van der Waals surface area contributed by atoms with Crippen LogP contribution in [0, 0.1) is 3.57 Å². The summed E-state index contributed by atoms with van der Waals surface area (Å²) in [5, 5.41) is 0. The number of imidazole rings is 1. The lowest BCUT2D eigenvalue weighted by atomic mass is 10.2. The third-order valence-electron chi connectivity index (χ3n) is 3.15. The molecule has 5 nitrogen and oxygen atoms in total. The number of nitrogens with one attached hydrogen (secondary N) is 1. The van der Waals surface area contributed by atoms with Crippen LogP contribution in [0.15, 0.2) is 17.3 Å². The summed E-state index contributed by atoms with van der Waals surface area (Å²) in [4.78, 5) is 23.5. The number of aryl methyl sites for hydroxylation is 1. The van der Waals surface area contributed by atoms with Gasteiger partial charge < -0.3 is 9.55 Å². The highest BCUT2D eigenvalue weighted by atomic mass is 127. The van der Waals surface area contributed by atoms with Crippen molar-refractivity contribution in [1.29, 1.82) is 0 Å². The van der Waals surface area contributed by atoms with Gasteiger partial charge in [-0.2, -0.15) is 0 Å². The second kappa shape index (κ2) is 4.49. The minimum Gasteiger partial charge on any atom is -0.328 e. The lowest BCUT2D eigenvalue weighted by Crippen LogP contribution is -2.16. The normalized spacial score (nSPS) is 15.0. The van der Waals surface area contributed by atoms with Crippen molar-refractivity contribution in [2.45, 2.75) is 32.2 Å². The smallest absolute Gasteiger partial charge is 0.264 e. The Kier molecular flexibility index (Phi) is 2.96. The molecule has 2 aromatic heterocycles. The van der Waals surface area contributed by atoms with E-state index in [9.17, 15) is 4.79 Å². The van der Waals surface area contributed by atoms with E-state index in [-0.39, 0.29) is 5.56 Å². The molecule has 3 rings (SSSR count). The minimum atomic E-state index is -0.0497. The fraction of sp³-hybridized carbons (Fsp3) is 0.417. The Morgan fingerprint density at radius 1 is 1.56 bits per heavy atom. The maximum Gasteiger partial charge on any atom is 0.264 e. The predicted molar refractivity (Wildman–Crippen MR) is 76.4 cm³/mol. The molecule has 0 atom stereocenters. The zero-order valence-electron chi connectivity index (χ0n) is 9.98. The van der Waals surface area contributed by atoms with E-state index in [0.29, 0.717) is 11.7 Å². The first kappa shape index (κ1) is 11.9. The number of hydrogen-bond donors (Lipinski definition) is 1. The predicted octanol–water partition coefficient (Wildman–Crippen LogP) is 2.14. The first-order valence-corrected chi connectivity index (χ1v) is 7.08. The summed E-state index contributed by atoms with van der Waals surface area (Å²) in [7, 11) is 0. The molecule has 0 saturated heterocycles. The average Bonchev–Trinajstić information content (AvgIpc) is 3.09. The fourth-order valence-electron chi connectivity index (χ4n) is 1.99. The van der Waals surface area contributed by atoms with Crippen molar-refractivity contribution in [3.8, 4) is 11.5 Å². The van der Waals surface area contributed by atoms with Crippen LogP contribution in [0.2, 0.25) is 0 Å². The molecule has 0 aliphatic heterocycles. The third-order valence-corrected chi connectivity index (χ3v) is 4.19. The number of nitrogens with zero attached hydrogens (tertiary/aromatic N) is 3. The van der Waals surface area contributed by atoms with Gasteiger partial charge in [-0.05, 0) is 42.4 Å². The van der Waals surface area contributed by atoms with Crippen molar-refractivity contribution < 1.29 is 0 Å². The van der Waals surface area contributed by atoms with Crippen LogP contribution in [0.1, 0.15) is 31.4 Å². The van der Waals surface area contributed by atoms with Crippen molar-refractivity contribution >= 4 is 22.6 Å². The van der Waals surface area contributed by atoms with Gasteiger partial charge in [0.15, 0.2) is 5.82 Å². The van der Waals surface area contributed by atoms with Crippen molar-refractivity contribution in [3.05, 3.63) is 32.1 Å². The highest BCUT2D eigenvalue weighted by molar-refractivity contribution is 14.1. The van der Waals surface area contributed by atoms with Gasteiger partial charge in [0, 0.05) is 12.5 Å². The quantitative estimate of drug-likeness (QED) is 0.858.